The van der Waals surface area contributed by atoms with Gasteiger partial charge in [0.15, 0.2) is 5.96 Å². The first kappa shape index (κ1) is 8.77. The number of hydrogen-bond donors (Lipinski definition) is 2. The molecular formula is C12H15N3. The number of aryl methyl sites for hydroxylation is 1. The van der Waals surface area contributed by atoms with Crippen LogP contribution < -0.4 is 11.1 Å². The summed E-state index contributed by atoms with van der Waals surface area (Å²) in [7, 11) is 0. The zero-order chi connectivity index (χ0) is 10.3. The van der Waals surface area contributed by atoms with Crippen LogP contribution in [0.3, 0.4) is 0 Å². The average Bonchev–Trinajstić information content (AvgIpc) is 2.60. The minimum Gasteiger partial charge on any atom is -0.370 e. The Morgan fingerprint density at radius 2 is 2.07 bits per heavy atom. The summed E-state index contributed by atoms with van der Waals surface area (Å²) in [5.41, 5.74) is 8.74. The molecule has 0 amide bonds. The molecule has 1 heterocycles. The molecule has 1 spiro atoms. The second kappa shape index (κ2) is 2.99. The van der Waals surface area contributed by atoms with Gasteiger partial charge in [-0.3, -0.25) is 4.99 Å². The zero-order valence-corrected chi connectivity index (χ0v) is 8.66. The van der Waals surface area contributed by atoms with Gasteiger partial charge in [0, 0.05) is 0 Å². The first-order chi connectivity index (χ1) is 7.27. The van der Waals surface area contributed by atoms with Gasteiger partial charge in [0.2, 0.25) is 0 Å². The van der Waals surface area contributed by atoms with Crippen molar-refractivity contribution in [3.05, 3.63) is 35.4 Å². The van der Waals surface area contributed by atoms with Gasteiger partial charge in [-0.1, -0.05) is 24.3 Å². The molecule has 3 nitrogen and oxygen atoms in total. The Hall–Kier alpha value is -1.51. The fourth-order valence-electron chi connectivity index (χ4n) is 2.63. The number of nitrogens with one attached hydrogen (secondary N) is 1. The standard InChI is InChI=1S/C12H15N3/c13-11-14-8-12(15-11)6-5-9-3-1-2-4-10(9)7-12/h1-4H,5-8H2,(H3,13,14,15). The van der Waals surface area contributed by atoms with Crippen LogP contribution in [0.15, 0.2) is 29.3 Å². The second-order valence-electron chi connectivity index (χ2n) is 4.55. The lowest BCUT2D eigenvalue weighted by molar-refractivity contribution is 0.361. The van der Waals surface area contributed by atoms with Gasteiger partial charge in [-0.2, -0.15) is 0 Å². The molecule has 1 unspecified atom stereocenters. The topological polar surface area (TPSA) is 50.4 Å². The molecule has 1 aliphatic heterocycles. The third-order valence-corrected chi connectivity index (χ3v) is 3.47. The Morgan fingerprint density at radius 1 is 1.27 bits per heavy atom. The predicted molar refractivity (Wildman–Crippen MR) is 60.8 cm³/mol. The number of nitrogens with zero attached hydrogens (tertiary/aromatic N) is 1. The molecule has 1 aliphatic carbocycles. The van der Waals surface area contributed by atoms with Crippen LogP contribution >= 0.6 is 0 Å². The maximum absolute atomic E-state index is 5.70. The number of aliphatic imine (C=N–C) groups is 1. The maximum Gasteiger partial charge on any atom is 0.189 e. The van der Waals surface area contributed by atoms with Gasteiger partial charge in [-0.25, -0.2) is 0 Å². The Bertz CT molecular complexity index is 425. The number of benzene rings is 1. The SMILES string of the molecule is NC1=NCC2(CCc3ccccc3C2)N1. The molecule has 1 aromatic carbocycles. The van der Waals surface area contributed by atoms with E-state index in [4.69, 9.17) is 5.73 Å². The van der Waals surface area contributed by atoms with Gasteiger partial charge in [0.25, 0.3) is 0 Å². The Morgan fingerprint density at radius 3 is 2.80 bits per heavy atom. The number of fused-ring (bicyclic) bond motifs is 1. The van der Waals surface area contributed by atoms with Crippen molar-refractivity contribution in [2.75, 3.05) is 6.54 Å². The van der Waals surface area contributed by atoms with Crippen LogP contribution in [0.5, 0.6) is 0 Å². The van der Waals surface area contributed by atoms with Crippen LogP contribution in [0.2, 0.25) is 0 Å². The summed E-state index contributed by atoms with van der Waals surface area (Å²) >= 11 is 0. The molecule has 3 N–H and O–H groups in total. The largest absolute Gasteiger partial charge is 0.370 e. The summed E-state index contributed by atoms with van der Waals surface area (Å²) in [6, 6.07) is 8.66. The highest BCUT2D eigenvalue weighted by Gasteiger charge is 2.37. The molecular weight excluding hydrogens is 186 g/mol. The van der Waals surface area contributed by atoms with Crippen LogP contribution in [0.1, 0.15) is 17.5 Å². The van der Waals surface area contributed by atoms with Gasteiger partial charge < -0.3 is 11.1 Å². The molecule has 1 aromatic rings. The van der Waals surface area contributed by atoms with Crippen molar-refractivity contribution in [2.45, 2.75) is 24.8 Å². The van der Waals surface area contributed by atoms with Gasteiger partial charge >= 0.3 is 0 Å². The number of nitrogens with two attached hydrogens (primary N) is 1. The normalized spacial score (nSPS) is 28.4. The first-order valence-corrected chi connectivity index (χ1v) is 5.42. The minimum atomic E-state index is 0.110. The van der Waals surface area contributed by atoms with Gasteiger partial charge in [0.05, 0.1) is 12.1 Å². The minimum absolute atomic E-state index is 0.110. The highest BCUT2D eigenvalue weighted by atomic mass is 15.2. The van der Waals surface area contributed by atoms with E-state index in [9.17, 15) is 0 Å². The van der Waals surface area contributed by atoms with Crippen molar-refractivity contribution >= 4 is 5.96 Å². The van der Waals surface area contributed by atoms with Crippen LogP contribution in [0.4, 0.5) is 0 Å². The third kappa shape index (κ3) is 1.39. The van der Waals surface area contributed by atoms with E-state index < -0.39 is 0 Å². The fraction of sp³-hybridized carbons (Fsp3) is 0.417. The van der Waals surface area contributed by atoms with E-state index in [0.717, 1.165) is 25.8 Å². The van der Waals surface area contributed by atoms with E-state index in [1.54, 1.807) is 0 Å². The lowest BCUT2D eigenvalue weighted by Gasteiger charge is -2.34. The number of rotatable bonds is 0. The molecule has 0 saturated carbocycles. The highest BCUT2D eigenvalue weighted by molar-refractivity contribution is 5.80. The van der Waals surface area contributed by atoms with Gasteiger partial charge in [0.1, 0.15) is 0 Å². The molecule has 0 bridgehead atoms. The van der Waals surface area contributed by atoms with E-state index in [0.29, 0.717) is 5.96 Å². The smallest absolute Gasteiger partial charge is 0.189 e. The Labute approximate surface area is 89.4 Å². The van der Waals surface area contributed by atoms with E-state index in [1.165, 1.54) is 11.1 Å². The summed E-state index contributed by atoms with van der Waals surface area (Å²) in [6.07, 6.45) is 3.31. The average molecular weight is 201 g/mol. The fourth-order valence-corrected chi connectivity index (χ4v) is 2.63. The van der Waals surface area contributed by atoms with E-state index in [-0.39, 0.29) is 5.54 Å². The zero-order valence-electron chi connectivity index (χ0n) is 8.66. The predicted octanol–water partition coefficient (Wildman–Crippen LogP) is 0.832. The molecule has 0 aromatic heterocycles. The molecule has 0 radical (unpaired) electrons. The molecule has 0 fully saturated rings. The van der Waals surface area contributed by atoms with E-state index >= 15 is 0 Å². The van der Waals surface area contributed by atoms with Crippen molar-refractivity contribution in [2.24, 2.45) is 10.7 Å². The lowest BCUT2D eigenvalue weighted by atomic mass is 9.78. The molecule has 1 atom stereocenters. The van der Waals surface area contributed by atoms with E-state index in [2.05, 4.69) is 34.6 Å². The maximum atomic E-state index is 5.70. The molecule has 0 saturated heterocycles. The molecule has 78 valence electrons. The Balaban J connectivity index is 1.90. The van der Waals surface area contributed by atoms with Crippen LogP contribution in [-0.4, -0.2) is 18.0 Å². The Kier molecular flexibility index (Phi) is 1.75. The summed E-state index contributed by atoms with van der Waals surface area (Å²) in [5, 5.41) is 3.34. The molecule has 2 aliphatic rings. The van der Waals surface area contributed by atoms with Crippen LogP contribution in [0.25, 0.3) is 0 Å². The van der Waals surface area contributed by atoms with Crippen LogP contribution in [0, 0.1) is 0 Å². The van der Waals surface area contributed by atoms with Crippen molar-refractivity contribution < 1.29 is 0 Å². The number of hydrogen-bond acceptors (Lipinski definition) is 3. The third-order valence-electron chi connectivity index (χ3n) is 3.47. The summed E-state index contributed by atoms with van der Waals surface area (Å²) in [5.74, 6) is 0.606. The van der Waals surface area contributed by atoms with Crippen molar-refractivity contribution in [1.29, 1.82) is 0 Å². The highest BCUT2D eigenvalue weighted by Crippen LogP contribution is 2.30. The monoisotopic (exact) mass is 201 g/mol. The second-order valence-corrected chi connectivity index (χ2v) is 4.55. The first-order valence-electron chi connectivity index (χ1n) is 5.42. The molecule has 15 heavy (non-hydrogen) atoms. The van der Waals surface area contributed by atoms with Gasteiger partial charge in [-0.15, -0.1) is 0 Å². The van der Waals surface area contributed by atoms with Crippen molar-refractivity contribution in [1.82, 2.24) is 5.32 Å². The van der Waals surface area contributed by atoms with Crippen molar-refractivity contribution in [3.8, 4) is 0 Å². The van der Waals surface area contributed by atoms with Crippen molar-refractivity contribution in [3.63, 3.8) is 0 Å². The lowest BCUT2D eigenvalue weighted by Crippen LogP contribution is -2.51. The number of guanidine groups is 1. The van der Waals surface area contributed by atoms with Gasteiger partial charge in [-0.05, 0) is 30.4 Å². The van der Waals surface area contributed by atoms with E-state index in [1.807, 2.05) is 0 Å². The molecule has 3 rings (SSSR count). The van der Waals surface area contributed by atoms with Crippen LogP contribution in [-0.2, 0) is 12.8 Å². The quantitative estimate of drug-likeness (QED) is 0.653. The summed E-state index contributed by atoms with van der Waals surface area (Å²) < 4.78 is 0. The summed E-state index contributed by atoms with van der Waals surface area (Å²) in [6.45, 7) is 0.827. The summed E-state index contributed by atoms with van der Waals surface area (Å²) in [4.78, 5) is 4.27. The molecule has 3 heteroatoms.